The van der Waals surface area contributed by atoms with Crippen molar-refractivity contribution in [2.24, 2.45) is 0 Å². The van der Waals surface area contributed by atoms with E-state index in [0.29, 0.717) is 26.4 Å². The van der Waals surface area contributed by atoms with Crippen molar-refractivity contribution in [1.29, 1.82) is 0 Å². The van der Waals surface area contributed by atoms with E-state index in [9.17, 15) is 9.59 Å². The van der Waals surface area contributed by atoms with Gasteiger partial charge in [-0.25, -0.2) is 0 Å². The van der Waals surface area contributed by atoms with Crippen LogP contribution in [-0.4, -0.2) is 36.4 Å². The molecule has 28 heavy (non-hydrogen) atoms. The molecule has 2 aromatic carbocycles. The highest BCUT2D eigenvalue weighted by Gasteiger charge is 2.27. The lowest BCUT2D eigenvalue weighted by Crippen LogP contribution is -2.48. The fourth-order valence-electron chi connectivity index (χ4n) is 2.58. The monoisotopic (exact) mass is 442 g/mol. The van der Waals surface area contributed by atoms with Crippen LogP contribution in [0.5, 0.6) is 5.75 Å². The minimum Gasteiger partial charge on any atom is -0.484 e. The van der Waals surface area contributed by atoms with Gasteiger partial charge in [0.15, 0.2) is 6.61 Å². The second-order valence-electron chi connectivity index (χ2n) is 6.21. The maximum Gasteiger partial charge on any atom is 0.261 e. The van der Waals surface area contributed by atoms with Crippen molar-refractivity contribution in [3.8, 4) is 5.75 Å². The van der Waals surface area contributed by atoms with Gasteiger partial charge in [0.2, 0.25) is 5.91 Å². The summed E-state index contributed by atoms with van der Waals surface area (Å²) in [6.45, 7) is 3.31. The van der Waals surface area contributed by atoms with Gasteiger partial charge in [0.25, 0.3) is 5.91 Å². The van der Waals surface area contributed by atoms with Crippen molar-refractivity contribution in [2.45, 2.75) is 26.4 Å². The summed E-state index contributed by atoms with van der Waals surface area (Å²) in [6.07, 6.45) is 0. The molecule has 0 aliphatic heterocycles. The van der Waals surface area contributed by atoms with E-state index in [1.54, 1.807) is 43.3 Å². The van der Waals surface area contributed by atoms with E-state index >= 15 is 0 Å². The van der Waals surface area contributed by atoms with Crippen LogP contribution in [0.15, 0.2) is 36.4 Å². The molecule has 2 rings (SSSR count). The SMILES string of the molecule is CNC(=O)C(C)N(Cc1c(Cl)cccc1Cl)C(=O)COc1ccc(Cl)c(C)c1. The van der Waals surface area contributed by atoms with Crippen molar-refractivity contribution in [2.75, 3.05) is 13.7 Å². The summed E-state index contributed by atoms with van der Waals surface area (Å²) in [6, 6.07) is 9.47. The van der Waals surface area contributed by atoms with Crippen LogP contribution >= 0.6 is 34.8 Å². The van der Waals surface area contributed by atoms with Crippen molar-refractivity contribution in [3.05, 3.63) is 62.6 Å². The Morgan fingerprint density at radius 1 is 1.11 bits per heavy atom. The number of carbonyl (C=O) groups excluding carboxylic acids is 2. The molecule has 1 unspecified atom stereocenters. The predicted octanol–water partition coefficient (Wildman–Crippen LogP) is 4.50. The summed E-state index contributed by atoms with van der Waals surface area (Å²) in [5.74, 6) is -0.169. The Morgan fingerprint density at radius 2 is 1.75 bits per heavy atom. The molecule has 0 aliphatic rings. The number of aryl methyl sites for hydroxylation is 1. The van der Waals surface area contributed by atoms with Crippen LogP contribution in [0.2, 0.25) is 15.1 Å². The number of likely N-dealkylation sites (N-methyl/N-ethyl adjacent to an activating group) is 1. The average molecular weight is 444 g/mol. The molecule has 1 atom stereocenters. The van der Waals surface area contributed by atoms with Crippen molar-refractivity contribution >= 4 is 46.6 Å². The molecule has 0 spiro atoms. The molecule has 0 heterocycles. The molecular formula is C20H21Cl3N2O3. The van der Waals surface area contributed by atoms with Crippen LogP contribution in [0.3, 0.4) is 0 Å². The fraction of sp³-hybridized carbons (Fsp3) is 0.300. The van der Waals surface area contributed by atoms with E-state index in [-0.39, 0.29) is 25.0 Å². The van der Waals surface area contributed by atoms with Crippen LogP contribution in [0.25, 0.3) is 0 Å². The number of halogens is 3. The van der Waals surface area contributed by atoms with Crippen molar-refractivity contribution in [3.63, 3.8) is 0 Å². The van der Waals surface area contributed by atoms with E-state index in [1.165, 1.54) is 11.9 Å². The molecule has 0 saturated heterocycles. The Labute approximate surface area is 179 Å². The summed E-state index contributed by atoms with van der Waals surface area (Å²) in [5, 5.41) is 4.00. The van der Waals surface area contributed by atoms with Crippen LogP contribution < -0.4 is 10.1 Å². The summed E-state index contributed by atoms with van der Waals surface area (Å²) < 4.78 is 5.60. The van der Waals surface area contributed by atoms with Crippen LogP contribution in [0.1, 0.15) is 18.1 Å². The second-order valence-corrected chi connectivity index (χ2v) is 7.43. The number of nitrogens with one attached hydrogen (secondary N) is 1. The first-order valence-electron chi connectivity index (χ1n) is 8.57. The summed E-state index contributed by atoms with van der Waals surface area (Å²) in [4.78, 5) is 26.4. The molecule has 0 aromatic heterocycles. The van der Waals surface area contributed by atoms with Crippen LogP contribution in [0.4, 0.5) is 0 Å². The standard InChI is InChI=1S/C20H21Cl3N2O3/c1-12-9-14(7-8-16(12)21)28-11-19(26)25(13(2)20(27)24-3)10-15-17(22)5-4-6-18(15)23/h4-9,13H,10-11H2,1-3H3,(H,24,27). The highest BCUT2D eigenvalue weighted by atomic mass is 35.5. The third-order valence-electron chi connectivity index (χ3n) is 4.30. The van der Waals surface area contributed by atoms with Gasteiger partial charge in [-0.2, -0.15) is 0 Å². The fourth-order valence-corrected chi connectivity index (χ4v) is 3.21. The van der Waals surface area contributed by atoms with Gasteiger partial charge in [0.1, 0.15) is 11.8 Å². The second kappa shape index (κ2) is 10.0. The third kappa shape index (κ3) is 5.53. The summed E-state index contributed by atoms with van der Waals surface area (Å²) in [5.41, 5.74) is 1.40. The first-order valence-corrected chi connectivity index (χ1v) is 9.71. The van der Waals surface area contributed by atoms with Gasteiger partial charge in [0, 0.05) is 34.2 Å². The van der Waals surface area contributed by atoms with E-state index in [1.807, 2.05) is 6.92 Å². The quantitative estimate of drug-likeness (QED) is 0.685. The predicted molar refractivity (Wildman–Crippen MR) is 112 cm³/mol. The Kier molecular flexibility index (Phi) is 7.98. The summed E-state index contributed by atoms with van der Waals surface area (Å²) >= 11 is 18.5. The largest absolute Gasteiger partial charge is 0.484 e. The molecule has 0 bridgehead atoms. The Balaban J connectivity index is 2.21. The smallest absolute Gasteiger partial charge is 0.261 e. The first-order chi connectivity index (χ1) is 13.2. The average Bonchev–Trinajstić information content (AvgIpc) is 2.67. The third-order valence-corrected chi connectivity index (χ3v) is 5.43. The maximum absolute atomic E-state index is 12.9. The van der Waals surface area contributed by atoms with Crippen molar-refractivity contribution in [1.82, 2.24) is 10.2 Å². The number of benzene rings is 2. The zero-order valence-electron chi connectivity index (χ0n) is 15.8. The Hall–Kier alpha value is -1.95. The number of amides is 2. The molecule has 150 valence electrons. The molecule has 5 nitrogen and oxygen atoms in total. The molecular weight excluding hydrogens is 423 g/mol. The van der Waals surface area contributed by atoms with E-state index in [4.69, 9.17) is 39.5 Å². The zero-order valence-corrected chi connectivity index (χ0v) is 18.0. The molecule has 8 heteroatoms. The number of carbonyl (C=O) groups is 2. The number of nitrogens with zero attached hydrogens (tertiary/aromatic N) is 1. The minimum absolute atomic E-state index is 0.0783. The highest BCUT2D eigenvalue weighted by Crippen LogP contribution is 2.27. The molecule has 0 aliphatic carbocycles. The van der Waals surface area contributed by atoms with Gasteiger partial charge >= 0.3 is 0 Å². The lowest BCUT2D eigenvalue weighted by atomic mass is 10.1. The van der Waals surface area contributed by atoms with E-state index in [2.05, 4.69) is 5.32 Å². The Morgan fingerprint density at radius 3 is 2.32 bits per heavy atom. The first kappa shape index (κ1) is 22.3. The molecule has 1 N–H and O–H groups in total. The molecule has 0 radical (unpaired) electrons. The van der Waals surface area contributed by atoms with E-state index in [0.717, 1.165) is 5.56 Å². The Bertz CT molecular complexity index is 854. The number of rotatable bonds is 7. The highest BCUT2D eigenvalue weighted by molar-refractivity contribution is 6.36. The molecule has 0 saturated carbocycles. The van der Waals surface area contributed by atoms with E-state index < -0.39 is 6.04 Å². The van der Waals surface area contributed by atoms with Gasteiger partial charge in [0.05, 0.1) is 0 Å². The van der Waals surface area contributed by atoms with Gasteiger partial charge in [-0.05, 0) is 49.7 Å². The van der Waals surface area contributed by atoms with Crippen LogP contribution in [0, 0.1) is 6.92 Å². The van der Waals surface area contributed by atoms with Gasteiger partial charge in [-0.15, -0.1) is 0 Å². The molecule has 2 amide bonds. The lowest BCUT2D eigenvalue weighted by Gasteiger charge is -2.29. The zero-order chi connectivity index (χ0) is 20.8. The molecule has 2 aromatic rings. The molecule has 0 fully saturated rings. The topological polar surface area (TPSA) is 58.6 Å². The number of ether oxygens (including phenoxy) is 1. The van der Waals surface area contributed by atoms with Gasteiger partial charge < -0.3 is 15.0 Å². The van der Waals surface area contributed by atoms with Crippen molar-refractivity contribution < 1.29 is 14.3 Å². The minimum atomic E-state index is -0.736. The van der Waals surface area contributed by atoms with Gasteiger partial charge in [-0.3, -0.25) is 9.59 Å². The maximum atomic E-state index is 12.9. The van der Waals surface area contributed by atoms with Gasteiger partial charge in [-0.1, -0.05) is 40.9 Å². The van der Waals surface area contributed by atoms with Crippen LogP contribution in [-0.2, 0) is 16.1 Å². The number of hydrogen-bond donors (Lipinski definition) is 1. The number of hydrogen-bond acceptors (Lipinski definition) is 3. The summed E-state index contributed by atoms with van der Waals surface area (Å²) in [7, 11) is 1.51. The normalized spacial score (nSPS) is 11.6. The lowest BCUT2D eigenvalue weighted by molar-refractivity contribution is -0.142.